The highest BCUT2D eigenvalue weighted by molar-refractivity contribution is 7.90. The fourth-order valence-electron chi connectivity index (χ4n) is 0.187. The van der Waals surface area contributed by atoms with Crippen LogP contribution in [0.25, 0.3) is 0 Å². The smallest absolute Gasteiger partial charge is 0.265 e. The molecule has 0 rings (SSSR count). The normalized spacial score (nSPS) is 10.9. The van der Waals surface area contributed by atoms with Gasteiger partial charge in [0.2, 0.25) is 0 Å². The van der Waals surface area contributed by atoms with Gasteiger partial charge in [-0.1, -0.05) is 0 Å². The van der Waals surface area contributed by atoms with Crippen LogP contribution in [0.5, 0.6) is 0 Å². The molecule has 0 bridgehead atoms. The van der Waals surface area contributed by atoms with Crippen LogP contribution < -0.4 is 0 Å². The van der Waals surface area contributed by atoms with Crippen LogP contribution in [-0.4, -0.2) is 20.5 Å². The molecule has 0 unspecified atom stereocenters. The first-order chi connectivity index (χ1) is 4.41. The van der Waals surface area contributed by atoms with E-state index >= 15 is 0 Å². The maximum atomic E-state index is 10.4. The molecule has 0 N–H and O–H groups in total. The summed E-state index contributed by atoms with van der Waals surface area (Å²) in [7, 11) is -3.37. The standard InChI is InChI=1S/C3H5NO5S/c1-3(4(5)6)10(7,8)9-2/h1H2,2H3. The molecule has 0 saturated carbocycles. The highest BCUT2D eigenvalue weighted by Crippen LogP contribution is 2.04. The minimum Gasteiger partial charge on any atom is -0.265 e. The van der Waals surface area contributed by atoms with Gasteiger partial charge in [-0.2, -0.15) is 8.42 Å². The fourth-order valence-corrected chi connectivity index (χ4v) is 0.562. The average Bonchev–Trinajstić information content (AvgIpc) is 1.86. The van der Waals surface area contributed by atoms with Crippen molar-refractivity contribution in [2.45, 2.75) is 0 Å². The summed E-state index contributed by atoms with van der Waals surface area (Å²) >= 11 is 0. The van der Waals surface area contributed by atoms with Crippen LogP contribution in [0.2, 0.25) is 0 Å². The van der Waals surface area contributed by atoms with Gasteiger partial charge in [-0.15, -0.1) is 0 Å². The Morgan fingerprint density at radius 1 is 1.70 bits per heavy atom. The molecule has 0 atom stereocenters. The molecule has 7 heteroatoms. The quantitative estimate of drug-likeness (QED) is 0.327. The van der Waals surface area contributed by atoms with Crippen LogP contribution in [0.3, 0.4) is 0 Å². The number of hydrogen-bond acceptors (Lipinski definition) is 5. The molecule has 0 aliphatic heterocycles. The van der Waals surface area contributed by atoms with E-state index in [-0.39, 0.29) is 0 Å². The summed E-state index contributed by atoms with van der Waals surface area (Å²) in [6.07, 6.45) is 0. The van der Waals surface area contributed by atoms with Gasteiger partial charge < -0.3 is 0 Å². The Kier molecular flexibility index (Phi) is 2.49. The number of nitro groups is 1. The number of rotatable bonds is 3. The van der Waals surface area contributed by atoms with Crippen LogP contribution in [0.4, 0.5) is 0 Å². The molecule has 10 heavy (non-hydrogen) atoms. The lowest BCUT2D eigenvalue weighted by Crippen LogP contribution is -2.11. The number of nitrogens with zero attached hydrogens (tertiary/aromatic N) is 1. The van der Waals surface area contributed by atoms with Gasteiger partial charge in [-0.3, -0.25) is 14.3 Å². The second-order valence-corrected chi connectivity index (χ2v) is 2.98. The van der Waals surface area contributed by atoms with Gasteiger partial charge in [0.25, 0.3) is 0 Å². The van der Waals surface area contributed by atoms with E-state index in [1.165, 1.54) is 0 Å². The summed E-state index contributed by atoms with van der Waals surface area (Å²) in [6, 6.07) is 0. The van der Waals surface area contributed by atoms with Crippen molar-refractivity contribution in [3.05, 3.63) is 21.7 Å². The van der Waals surface area contributed by atoms with Crippen molar-refractivity contribution in [3.63, 3.8) is 0 Å². The van der Waals surface area contributed by atoms with Crippen molar-refractivity contribution in [1.82, 2.24) is 0 Å². The summed E-state index contributed by atoms with van der Waals surface area (Å²) in [5, 5.41) is 8.59. The van der Waals surface area contributed by atoms with E-state index < -0.39 is 20.1 Å². The minimum absolute atomic E-state index is 0.823. The van der Waals surface area contributed by atoms with Crippen LogP contribution in [0.1, 0.15) is 0 Å². The van der Waals surface area contributed by atoms with Crippen molar-refractivity contribution >= 4 is 10.1 Å². The molecule has 0 aliphatic rings. The van der Waals surface area contributed by atoms with Crippen LogP contribution in [0.15, 0.2) is 11.6 Å². The average molecular weight is 167 g/mol. The SMILES string of the molecule is C=C([N+](=O)[O-])S(=O)(=O)OC. The second-order valence-electron chi connectivity index (χ2n) is 1.27. The van der Waals surface area contributed by atoms with E-state index in [0.29, 0.717) is 0 Å². The molecular formula is C3H5NO5S. The van der Waals surface area contributed by atoms with Crippen LogP contribution >= 0.6 is 0 Å². The predicted molar refractivity (Wildman–Crippen MR) is 32.1 cm³/mol. The largest absolute Gasteiger partial charge is 0.378 e. The summed E-state index contributed by atoms with van der Waals surface area (Å²) in [5.41, 5.74) is 0. The topological polar surface area (TPSA) is 86.5 Å². The monoisotopic (exact) mass is 167 g/mol. The molecule has 58 valence electrons. The Hall–Kier alpha value is -0.950. The Morgan fingerprint density at radius 2 is 2.10 bits per heavy atom. The minimum atomic E-state index is -4.19. The Morgan fingerprint density at radius 3 is 2.20 bits per heavy atom. The second kappa shape index (κ2) is 2.76. The van der Waals surface area contributed by atoms with E-state index in [2.05, 4.69) is 10.8 Å². The molecule has 0 fully saturated rings. The highest BCUT2D eigenvalue weighted by Gasteiger charge is 2.25. The molecule has 6 nitrogen and oxygen atoms in total. The molecule has 0 radical (unpaired) electrons. The van der Waals surface area contributed by atoms with E-state index in [9.17, 15) is 18.5 Å². The molecule has 0 saturated heterocycles. The zero-order chi connectivity index (χ0) is 8.36. The first-order valence-electron chi connectivity index (χ1n) is 2.05. The highest BCUT2D eigenvalue weighted by atomic mass is 32.2. The van der Waals surface area contributed by atoms with E-state index in [0.717, 1.165) is 7.11 Å². The maximum Gasteiger partial charge on any atom is 0.378 e. The van der Waals surface area contributed by atoms with Gasteiger partial charge in [0.05, 0.1) is 12.0 Å². The summed E-state index contributed by atoms with van der Waals surface area (Å²) < 4.78 is 24.5. The number of hydrogen-bond donors (Lipinski definition) is 0. The lowest BCUT2D eigenvalue weighted by molar-refractivity contribution is -0.411. The van der Waals surface area contributed by atoms with Crippen LogP contribution in [-0.2, 0) is 14.3 Å². The molecule has 0 amide bonds. The van der Waals surface area contributed by atoms with Crippen molar-refractivity contribution in [2.75, 3.05) is 7.11 Å². The summed E-state index contributed by atoms with van der Waals surface area (Å²) in [4.78, 5) is 8.63. The van der Waals surface area contributed by atoms with Gasteiger partial charge in [0.15, 0.2) is 0 Å². The molecule has 0 aromatic carbocycles. The molecule has 0 spiro atoms. The predicted octanol–water partition coefficient (Wildman–Crippen LogP) is -0.290. The molecule has 0 aliphatic carbocycles. The summed E-state index contributed by atoms with van der Waals surface area (Å²) in [6.45, 7) is 2.68. The summed E-state index contributed by atoms with van der Waals surface area (Å²) in [5.74, 6) is 0. The third kappa shape index (κ3) is 1.78. The third-order valence-electron chi connectivity index (χ3n) is 0.712. The lowest BCUT2D eigenvalue weighted by atomic mass is 11.1. The fraction of sp³-hybridized carbons (Fsp3) is 0.333. The zero-order valence-electron chi connectivity index (χ0n) is 5.10. The maximum absolute atomic E-state index is 10.4. The van der Waals surface area contributed by atoms with Crippen molar-refractivity contribution in [3.8, 4) is 0 Å². The Balaban J connectivity index is 4.70. The molecule has 0 aromatic heterocycles. The zero-order valence-corrected chi connectivity index (χ0v) is 5.92. The van der Waals surface area contributed by atoms with Gasteiger partial charge in [-0.05, 0) is 6.58 Å². The van der Waals surface area contributed by atoms with Gasteiger partial charge in [0, 0.05) is 0 Å². The molecule has 0 heterocycles. The molecule has 0 aromatic rings. The van der Waals surface area contributed by atoms with E-state index in [4.69, 9.17) is 0 Å². The van der Waals surface area contributed by atoms with Crippen molar-refractivity contribution in [1.29, 1.82) is 0 Å². The van der Waals surface area contributed by atoms with Crippen molar-refractivity contribution in [2.24, 2.45) is 0 Å². The lowest BCUT2D eigenvalue weighted by Gasteiger charge is -1.93. The van der Waals surface area contributed by atoms with Crippen molar-refractivity contribution < 1.29 is 17.5 Å². The molecular weight excluding hydrogens is 162 g/mol. The first kappa shape index (κ1) is 9.05. The van der Waals surface area contributed by atoms with Gasteiger partial charge >= 0.3 is 15.1 Å². The van der Waals surface area contributed by atoms with Crippen LogP contribution in [0, 0.1) is 10.1 Å². The first-order valence-corrected chi connectivity index (χ1v) is 3.46. The Labute approximate surface area is 57.4 Å². The third-order valence-corrected chi connectivity index (χ3v) is 1.88. The van der Waals surface area contributed by atoms with Gasteiger partial charge in [-0.25, -0.2) is 0 Å². The van der Waals surface area contributed by atoms with Gasteiger partial charge in [0.1, 0.15) is 0 Å². The van der Waals surface area contributed by atoms with E-state index in [1.807, 2.05) is 0 Å². The Bertz CT molecular complexity index is 252. The van der Waals surface area contributed by atoms with E-state index in [1.54, 1.807) is 0 Å².